The number of ether oxygens (including phenoxy) is 1. The fraction of sp³-hybridized carbons (Fsp3) is 0.261. The summed E-state index contributed by atoms with van der Waals surface area (Å²) in [6.07, 6.45) is 1.81. The number of morpholine rings is 1. The number of para-hydroxylation sites is 1. The predicted molar refractivity (Wildman–Crippen MR) is 127 cm³/mol. The van der Waals surface area contributed by atoms with Crippen LogP contribution in [0.1, 0.15) is 20.9 Å². The normalized spacial score (nSPS) is 14.1. The molecular weight excluding hydrogens is 446 g/mol. The third-order valence-electron chi connectivity index (χ3n) is 5.45. The van der Waals surface area contributed by atoms with Gasteiger partial charge in [0.15, 0.2) is 0 Å². The van der Waals surface area contributed by atoms with E-state index >= 15 is 0 Å². The second kappa shape index (κ2) is 8.90. The van der Waals surface area contributed by atoms with Gasteiger partial charge in [-0.25, -0.2) is 9.67 Å². The van der Waals surface area contributed by atoms with Crippen molar-refractivity contribution in [2.45, 2.75) is 13.5 Å². The number of anilines is 1. The maximum atomic E-state index is 12.8. The third-order valence-corrected chi connectivity index (χ3v) is 6.88. The highest BCUT2D eigenvalue weighted by molar-refractivity contribution is 7.20. The number of amides is 1. The summed E-state index contributed by atoms with van der Waals surface area (Å²) in [4.78, 5) is 21.1. The maximum absolute atomic E-state index is 12.8. The molecule has 1 saturated heterocycles. The first-order chi connectivity index (χ1) is 15.6. The molecule has 164 valence electrons. The van der Waals surface area contributed by atoms with Crippen LogP contribution in [0.3, 0.4) is 0 Å². The van der Waals surface area contributed by atoms with Crippen molar-refractivity contribution in [3.63, 3.8) is 0 Å². The Hall–Kier alpha value is -2.94. The summed E-state index contributed by atoms with van der Waals surface area (Å²) < 4.78 is 7.19. The van der Waals surface area contributed by atoms with Crippen molar-refractivity contribution in [2.75, 3.05) is 31.2 Å². The SMILES string of the molecule is Cc1nn(-c2ccccc2Cl)c2sc(C(=O)NCc3ccc(N4CCOCC4)nc3)cc12. The van der Waals surface area contributed by atoms with Gasteiger partial charge in [-0.1, -0.05) is 29.8 Å². The van der Waals surface area contributed by atoms with Crippen LogP contribution in [-0.2, 0) is 11.3 Å². The molecule has 1 amide bonds. The molecule has 9 heteroatoms. The summed E-state index contributed by atoms with van der Waals surface area (Å²) in [5, 5.41) is 9.18. The Balaban J connectivity index is 1.30. The van der Waals surface area contributed by atoms with E-state index in [0.29, 0.717) is 16.4 Å². The monoisotopic (exact) mass is 467 g/mol. The molecular formula is C23H22ClN5O2S. The number of hydrogen-bond acceptors (Lipinski definition) is 6. The molecule has 5 rings (SSSR count). The molecule has 1 aliphatic heterocycles. The minimum absolute atomic E-state index is 0.117. The topological polar surface area (TPSA) is 72.3 Å². The van der Waals surface area contributed by atoms with Crippen molar-refractivity contribution in [3.8, 4) is 5.69 Å². The first-order valence-electron chi connectivity index (χ1n) is 10.4. The van der Waals surface area contributed by atoms with Gasteiger partial charge in [-0.2, -0.15) is 5.10 Å². The molecule has 1 N–H and O–H groups in total. The summed E-state index contributed by atoms with van der Waals surface area (Å²) in [5.74, 6) is 0.820. The van der Waals surface area contributed by atoms with Gasteiger partial charge in [0.05, 0.1) is 34.5 Å². The van der Waals surface area contributed by atoms with Gasteiger partial charge in [-0.05, 0) is 36.8 Å². The Morgan fingerprint density at radius 2 is 2.03 bits per heavy atom. The molecule has 32 heavy (non-hydrogen) atoms. The van der Waals surface area contributed by atoms with E-state index in [-0.39, 0.29) is 5.91 Å². The zero-order chi connectivity index (χ0) is 22.1. The molecule has 0 unspecified atom stereocenters. The number of benzene rings is 1. The predicted octanol–water partition coefficient (Wildman–Crippen LogP) is 4.21. The van der Waals surface area contributed by atoms with Gasteiger partial charge < -0.3 is 15.0 Å². The molecule has 4 heterocycles. The number of carbonyl (C=O) groups excluding carboxylic acids is 1. The Kier molecular flexibility index (Phi) is 5.82. The molecule has 1 aliphatic rings. The lowest BCUT2D eigenvalue weighted by Crippen LogP contribution is -2.36. The fourth-order valence-corrected chi connectivity index (χ4v) is 5.02. The number of rotatable bonds is 5. The first-order valence-corrected chi connectivity index (χ1v) is 11.6. The van der Waals surface area contributed by atoms with E-state index in [0.717, 1.165) is 59.3 Å². The summed E-state index contributed by atoms with van der Waals surface area (Å²) in [6.45, 7) is 5.50. The van der Waals surface area contributed by atoms with Crippen molar-refractivity contribution in [2.24, 2.45) is 0 Å². The van der Waals surface area contributed by atoms with Crippen molar-refractivity contribution in [3.05, 3.63) is 69.8 Å². The number of nitrogens with one attached hydrogen (secondary N) is 1. The summed E-state index contributed by atoms with van der Waals surface area (Å²) in [7, 11) is 0. The number of halogens is 1. The average Bonchev–Trinajstić information content (AvgIpc) is 3.39. The Morgan fingerprint density at radius 3 is 2.78 bits per heavy atom. The van der Waals surface area contributed by atoms with E-state index in [1.807, 2.05) is 60.3 Å². The highest BCUT2D eigenvalue weighted by Gasteiger charge is 2.18. The van der Waals surface area contributed by atoms with Gasteiger partial charge >= 0.3 is 0 Å². The van der Waals surface area contributed by atoms with Gasteiger partial charge in [-0.15, -0.1) is 11.3 Å². The zero-order valence-electron chi connectivity index (χ0n) is 17.5. The molecule has 0 spiro atoms. The van der Waals surface area contributed by atoms with Crippen molar-refractivity contribution >= 4 is 44.9 Å². The van der Waals surface area contributed by atoms with Crippen LogP contribution < -0.4 is 10.2 Å². The summed E-state index contributed by atoms with van der Waals surface area (Å²) in [5.41, 5.74) is 2.61. The molecule has 0 bridgehead atoms. The zero-order valence-corrected chi connectivity index (χ0v) is 19.1. The molecule has 1 fully saturated rings. The van der Waals surface area contributed by atoms with Gasteiger partial charge in [0.2, 0.25) is 0 Å². The van der Waals surface area contributed by atoms with Crippen LogP contribution >= 0.6 is 22.9 Å². The van der Waals surface area contributed by atoms with Crippen LogP contribution in [0.5, 0.6) is 0 Å². The molecule has 1 aromatic carbocycles. The van der Waals surface area contributed by atoms with Crippen molar-refractivity contribution < 1.29 is 9.53 Å². The van der Waals surface area contributed by atoms with Crippen LogP contribution in [0, 0.1) is 6.92 Å². The van der Waals surface area contributed by atoms with E-state index in [9.17, 15) is 4.79 Å². The average molecular weight is 468 g/mol. The van der Waals surface area contributed by atoms with E-state index in [1.54, 1.807) is 0 Å². The van der Waals surface area contributed by atoms with Crippen LogP contribution in [0.25, 0.3) is 15.9 Å². The second-order valence-corrected chi connectivity index (χ2v) is 9.02. The minimum Gasteiger partial charge on any atom is -0.378 e. The number of carbonyl (C=O) groups is 1. The van der Waals surface area contributed by atoms with Gasteiger partial charge in [0.1, 0.15) is 10.6 Å². The highest BCUT2D eigenvalue weighted by Crippen LogP contribution is 2.32. The van der Waals surface area contributed by atoms with Crippen LogP contribution in [-0.4, -0.2) is 47.0 Å². The fourth-order valence-electron chi connectivity index (χ4n) is 3.72. The lowest BCUT2D eigenvalue weighted by molar-refractivity contribution is 0.0955. The van der Waals surface area contributed by atoms with E-state index in [2.05, 4.69) is 20.3 Å². The van der Waals surface area contributed by atoms with E-state index in [1.165, 1.54) is 11.3 Å². The van der Waals surface area contributed by atoms with Gasteiger partial charge in [0, 0.05) is 31.2 Å². The van der Waals surface area contributed by atoms with Gasteiger partial charge in [0.25, 0.3) is 5.91 Å². The van der Waals surface area contributed by atoms with Crippen LogP contribution in [0.15, 0.2) is 48.7 Å². The van der Waals surface area contributed by atoms with Crippen LogP contribution in [0.4, 0.5) is 5.82 Å². The smallest absolute Gasteiger partial charge is 0.261 e. The molecule has 3 aromatic heterocycles. The number of nitrogens with zero attached hydrogens (tertiary/aromatic N) is 4. The number of hydrogen-bond donors (Lipinski definition) is 1. The lowest BCUT2D eigenvalue weighted by atomic mass is 10.2. The van der Waals surface area contributed by atoms with Crippen molar-refractivity contribution in [1.29, 1.82) is 0 Å². The first kappa shape index (κ1) is 20.9. The maximum Gasteiger partial charge on any atom is 0.261 e. The summed E-state index contributed by atoms with van der Waals surface area (Å²) >= 11 is 7.77. The molecule has 4 aromatic rings. The third kappa shape index (κ3) is 4.09. The Labute approximate surface area is 194 Å². The largest absolute Gasteiger partial charge is 0.378 e. The number of thiophene rings is 1. The minimum atomic E-state index is -0.117. The molecule has 0 saturated carbocycles. The van der Waals surface area contributed by atoms with Crippen molar-refractivity contribution in [1.82, 2.24) is 20.1 Å². The second-order valence-electron chi connectivity index (χ2n) is 7.58. The number of aromatic nitrogens is 3. The van der Waals surface area contributed by atoms with Gasteiger partial charge in [-0.3, -0.25) is 4.79 Å². The highest BCUT2D eigenvalue weighted by atomic mass is 35.5. The number of fused-ring (bicyclic) bond motifs is 1. The van der Waals surface area contributed by atoms with E-state index in [4.69, 9.17) is 16.3 Å². The standard InChI is InChI=1S/C23H22ClN5O2S/c1-15-17-12-20(32-23(17)29(27-15)19-5-3-2-4-18(19)24)22(30)26-14-16-6-7-21(25-13-16)28-8-10-31-11-9-28/h2-7,12-13H,8-11,14H2,1H3,(H,26,30). The number of pyridine rings is 1. The van der Waals surface area contributed by atoms with E-state index < -0.39 is 0 Å². The molecule has 0 atom stereocenters. The van der Waals surface area contributed by atoms with Crippen LogP contribution in [0.2, 0.25) is 5.02 Å². The Bertz CT molecular complexity index is 1260. The summed E-state index contributed by atoms with van der Waals surface area (Å²) in [6, 6.07) is 13.4. The lowest BCUT2D eigenvalue weighted by Gasteiger charge is -2.27. The molecule has 7 nitrogen and oxygen atoms in total. The quantitative estimate of drug-likeness (QED) is 0.476. The molecule has 0 aliphatic carbocycles. The molecule has 0 radical (unpaired) electrons. The Morgan fingerprint density at radius 1 is 1.22 bits per heavy atom. The number of aryl methyl sites for hydroxylation is 1.